The van der Waals surface area contributed by atoms with Gasteiger partial charge >= 0.3 is 0 Å². The van der Waals surface area contributed by atoms with Crippen molar-refractivity contribution in [3.63, 3.8) is 0 Å². The van der Waals surface area contributed by atoms with E-state index >= 15 is 0 Å². The van der Waals surface area contributed by atoms with Gasteiger partial charge in [-0.3, -0.25) is 5.41 Å². The molecule has 3 fully saturated rings. The summed E-state index contributed by atoms with van der Waals surface area (Å²) >= 11 is 0. The molecule has 0 amide bonds. The number of hydrogen-bond donors (Lipinski definition) is 1. The lowest BCUT2D eigenvalue weighted by Gasteiger charge is -2.51. The summed E-state index contributed by atoms with van der Waals surface area (Å²) in [5.74, 6) is -1.55. The highest BCUT2D eigenvalue weighted by Gasteiger charge is 2.80. The Kier molecular flexibility index (Phi) is 4.00. The number of nitrogens with one attached hydrogen (secondary N) is 1. The van der Waals surface area contributed by atoms with E-state index in [4.69, 9.17) is 14.9 Å². The third-order valence-corrected chi connectivity index (χ3v) is 6.72. The van der Waals surface area contributed by atoms with E-state index in [0.29, 0.717) is 24.3 Å². The van der Waals surface area contributed by atoms with Gasteiger partial charge in [0.15, 0.2) is 5.41 Å². The van der Waals surface area contributed by atoms with Crippen LogP contribution in [0.3, 0.4) is 0 Å². The number of ether oxygens (including phenoxy) is 2. The van der Waals surface area contributed by atoms with Crippen molar-refractivity contribution in [1.29, 1.82) is 21.2 Å². The van der Waals surface area contributed by atoms with E-state index < -0.39 is 28.6 Å². The van der Waals surface area contributed by atoms with Crippen LogP contribution in [-0.4, -0.2) is 11.7 Å². The summed E-state index contributed by atoms with van der Waals surface area (Å²) in [5, 5.41) is 39.1. The zero-order valence-corrected chi connectivity index (χ0v) is 16.0. The van der Waals surface area contributed by atoms with Gasteiger partial charge in [-0.2, -0.15) is 15.8 Å². The van der Waals surface area contributed by atoms with Crippen LogP contribution in [-0.2, 0) is 9.47 Å². The Hall–Kier alpha value is -2.88. The van der Waals surface area contributed by atoms with E-state index in [9.17, 15) is 15.8 Å². The van der Waals surface area contributed by atoms with Gasteiger partial charge in [-0.25, -0.2) is 0 Å². The predicted octanol–water partition coefficient (Wildman–Crippen LogP) is 4.32. The lowest BCUT2D eigenvalue weighted by Crippen LogP contribution is -2.60. The summed E-state index contributed by atoms with van der Waals surface area (Å²) in [6.07, 6.45) is 1.91. The zero-order valence-electron chi connectivity index (χ0n) is 16.0. The van der Waals surface area contributed by atoms with E-state index in [1.54, 1.807) is 0 Å². The minimum atomic E-state index is -1.85. The van der Waals surface area contributed by atoms with E-state index in [-0.39, 0.29) is 5.90 Å². The van der Waals surface area contributed by atoms with Gasteiger partial charge < -0.3 is 9.47 Å². The molecule has 3 aliphatic rings. The molecule has 0 aromatic heterocycles. The first-order valence-corrected chi connectivity index (χ1v) is 9.70. The second-order valence-electron chi connectivity index (χ2n) is 8.31. The molecule has 6 heteroatoms. The molecular weight excluding hydrogens is 352 g/mol. The molecule has 28 heavy (non-hydrogen) atoms. The average molecular weight is 374 g/mol. The maximum Gasteiger partial charge on any atom is 0.217 e. The number of rotatable bonds is 2. The van der Waals surface area contributed by atoms with Gasteiger partial charge in [0, 0.05) is 6.42 Å². The number of nitriles is 3. The molecule has 4 atom stereocenters. The second kappa shape index (κ2) is 6.06. The molecule has 1 N–H and O–H groups in total. The lowest BCUT2D eigenvalue weighted by molar-refractivity contribution is -0.294. The molecule has 4 unspecified atom stereocenters. The topological polar surface area (TPSA) is 114 Å². The Morgan fingerprint density at radius 2 is 1.75 bits per heavy atom. The van der Waals surface area contributed by atoms with Crippen LogP contribution in [0.5, 0.6) is 0 Å². The third-order valence-electron chi connectivity index (χ3n) is 6.72. The summed E-state index contributed by atoms with van der Waals surface area (Å²) in [6, 6.07) is 14.0. The van der Waals surface area contributed by atoms with Crippen LogP contribution in [0.1, 0.15) is 62.7 Å². The van der Waals surface area contributed by atoms with Crippen molar-refractivity contribution in [3.8, 4) is 18.2 Å². The lowest BCUT2D eigenvalue weighted by atomic mass is 9.51. The van der Waals surface area contributed by atoms with Crippen molar-refractivity contribution in [1.82, 2.24) is 0 Å². The van der Waals surface area contributed by atoms with Crippen molar-refractivity contribution in [2.75, 3.05) is 0 Å². The molecule has 2 heterocycles. The predicted molar refractivity (Wildman–Crippen MR) is 99.6 cm³/mol. The van der Waals surface area contributed by atoms with Gasteiger partial charge in [-0.1, -0.05) is 44.5 Å². The highest BCUT2D eigenvalue weighted by molar-refractivity contribution is 5.89. The molecule has 1 aromatic carbocycles. The third kappa shape index (κ3) is 2.00. The molecule has 2 aliphatic heterocycles. The molecular formula is C22H22N4O2. The monoisotopic (exact) mass is 374 g/mol. The molecule has 142 valence electrons. The molecule has 6 nitrogen and oxygen atoms in total. The fraction of sp³-hybridized carbons (Fsp3) is 0.545. The van der Waals surface area contributed by atoms with Gasteiger partial charge in [0.05, 0.1) is 24.1 Å². The second-order valence-corrected chi connectivity index (χ2v) is 8.31. The fourth-order valence-corrected chi connectivity index (χ4v) is 5.22. The maximum atomic E-state index is 10.2. The quantitative estimate of drug-likeness (QED) is 0.828. The van der Waals surface area contributed by atoms with Crippen LogP contribution in [0.15, 0.2) is 24.3 Å². The van der Waals surface area contributed by atoms with Crippen molar-refractivity contribution >= 4 is 5.90 Å². The molecule has 0 radical (unpaired) electrons. The molecule has 1 aromatic rings. The Morgan fingerprint density at radius 1 is 1.07 bits per heavy atom. The van der Waals surface area contributed by atoms with Gasteiger partial charge in [0.1, 0.15) is 6.10 Å². The van der Waals surface area contributed by atoms with Crippen LogP contribution in [0.2, 0.25) is 0 Å². The van der Waals surface area contributed by atoms with E-state index in [1.165, 1.54) is 0 Å². The number of nitrogens with zero attached hydrogens (tertiary/aromatic N) is 3. The van der Waals surface area contributed by atoms with Crippen LogP contribution >= 0.6 is 0 Å². The minimum Gasteiger partial charge on any atom is -0.447 e. The van der Waals surface area contributed by atoms with E-state index in [0.717, 1.165) is 18.4 Å². The molecule has 2 bridgehead atoms. The molecule has 0 spiro atoms. The van der Waals surface area contributed by atoms with Gasteiger partial charge in [0.2, 0.25) is 17.1 Å². The summed E-state index contributed by atoms with van der Waals surface area (Å²) in [7, 11) is 0. The molecule has 1 aliphatic carbocycles. The van der Waals surface area contributed by atoms with Crippen molar-refractivity contribution in [2.45, 2.75) is 57.3 Å². The van der Waals surface area contributed by atoms with E-state index in [2.05, 4.69) is 32.1 Å². The molecule has 4 rings (SSSR count). The Labute approximate surface area is 164 Å². The minimum absolute atomic E-state index is 0.300. The van der Waals surface area contributed by atoms with Crippen molar-refractivity contribution in [2.24, 2.45) is 16.7 Å². The Morgan fingerprint density at radius 3 is 2.32 bits per heavy atom. The smallest absolute Gasteiger partial charge is 0.217 e. The standard InChI is InChI=1S/C22H22N4O2/c1-14(2)15-6-8-16(9-7-15)18-20(11-23,12-24)21(13-25)17-5-3-4-10-22(17,27-18)28-19(21)26/h6-9,14,17-18,26H,3-5,10H2,1-2H3. The summed E-state index contributed by atoms with van der Waals surface area (Å²) in [6.45, 7) is 4.18. The van der Waals surface area contributed by atoms with Gasteiger partial charge in [-0.05, 0) is 29.9 Å². The van der Waals surface area contributed by atoms with Gasteiger partial charge in [-0.15, -0.1) is 0 Å². The van der Waals surface area contributed by atoms with Crippen LogP contribution < -0.4 is 0 Å². The van der Waals surface area contributed by atoms with Crippen molar-refractivity contribution < 1.29 is 9.47 Å². The Balaban J connectivity index is 1.93. The number of benzene rings is 1. The van der Waals surface area contributed by atoms with E-state index in [1.807, 2.05) is 24.3 Å². The average Bonchev–Trinajstić information content (AvgIpc) is 2.92. The highest BCUT2D eigenvalue weighted by atomic mass is 16.7. The first-order chi connectivity index (χ1) is 13.4. The summed E-state index contributed by atoms with van der Waals surface area (Å²) in [5.41, 5.74) is -1.68. The summed E-state index contributed by atoms with van der Waals surface area (Å²) in [4.78, 5) is 0. The van der Waals surface area contributed by atoms with Crippen molar-refractivity contribution in [3.05, 3.63) is 35.4 Å². The highest BCUT2D eigenvalue weighted by Crippen LogP contribution is 2.69. The fourth-order valence-electron chi connectivity index (χ4n) is 5.22. The van der Waals surface area contributed by atoms with Crippen LogP contribution in [0, 0.1) is 56.2 Å². The first-order valence-electron chi connectivity index (χ1n) is 9.70. The SMILES string of the molecule is CC(C)c1ccc(C2OC34CCCCC3C(C#N)(C(=N)O4)C2(C#N)C#N)cc1. The number of hydrogen-bond acceptors (Lipinski definition) is 6. The van der Waals surface area contributed by atoms with Crippen LogP contribution in [0.4, 0.5) is 0 Å². The zero-order chi connectivity index (χ0) is 20.2. The molecule has 2 saturated heterocycles. The van der Waals surface area contributed by atoms with Crippen LogP contribution in [0.25, 0.3) is 0 Å². The first kappa shape index (κ1) is 18.5. The summed E-state index contributed by atoms with van der Waals surface area (Å²) < 4.78 is 12.3. The maximum absolute atomic E-state index is 10.2. The molecule has 1 saturated carbocycles. The largest absolute Gasteiger partial charge is 0.447 e. The Bertz CT molecular complexity index is 935. The normalized spacial score (nSPS) is 35.2. The van der Waals surface area contributed by atoms with Gasteiger partial charge in [0.25, 0.3) is 0 Å².